The molecule has 1 aliphatic heterocycles. The first kappa shape index (κ1) is 19.1. The summed E-state index contributed by atoms with van der Waals surface area (Å²) in [6, 6.07) is 21.6. The largest absolute Gasteiger partial charge is 0.399 e. The molecule has 1 fully saturated rings. The molecule has 2 aromatic carbocycles. The molecule has 5 rings (SSSR count). The number of rotatable bonds is 5. The number of nitrogens with one attached hydrogen (secondary N) is 1. The molecule has 1 aliphatic rings. The van der Waals surface area contributed by atoms with Crippen LogP contribution in [0.1, 0.15) is 5.56 Å². The van der Waals surface area contributed by atoms with Crippen LogP contribution in [0, 0.1) is 0 Å². The molecule has 0 amide bonds. The van der Waals surface area contributed by atoms with Crippen LogP contribution in [0.4, 0.5) is 17.3 Å². The fourth-order valence-electron chi connectivity index (χ4n) is 3.60. The Balaban J connectivity index is 1.50. The first-order chi connectivity index (χ1) is 15.3. The second-order valence-electron chi connectivity index (χ2n) is 7.30. The van der Waals surface area contributed by atoms with Gasteiger partial charge in [-0.25, -0.2) is 4.98 Å². The maximum atomic E-state index is 5.84. The van der Waals surface area contributed by atoms with Gasteiger partial charge in [-0.05, 0) is 17.7 Å². The summed E-state index contributed by atoms with van der Waals surface area (Å²) in [5.74, 6) is 1.60. The van der Waals surface area contributed by atoms with Gasteiger partial charge in [0.05, 0.1) is 25.1 Å². The summed E-state index contributed by atoms with van der Waals surface area (Å²) in [6.45, 7) is 2.97. The minimum absolute atomic E-state index is 0.647. The van der Waals surface area contributed by atoms with Crippen molar-refractivity contribution < 1.29 is 4.74 Å². The van der Waals surface area contributed by atoms with E-state index in [-0.39, 0.29) is 0 Å². The Kier molecular flexibility index (Phi) is 5.20. The molecule has 0 bridgehead atoms. The van der Waals surface area contributed by atoms with Gasteiger partial charge in [-0.2, -0.15) is 14.7 Å². The molecule has 3 heterocycles. The van der Waals surface area contributed by atoms with Gasteiger partial charge in [0.25, 0.3) is 0 Å². The number of hydrazone groups is 1. The summed E-state index contributed by atoms with van der Waals surface area (Å²) >= 11 is 0. The maximum absolute atomic E-state index is 5.84. The summed E-state index contributed by atoms with van der Waals surface area (Å²) in [4.78, 5) is 6.98. The van der Waals surface area contributed by atoms with Gasteiger partial charge in [0.15, 0.2) is 11.5 Å². The number of nitrogen functional groups attached to an aromatic ring is 1. The lowest BCUT2D eigenvalue weighted by atomic mass is 10.2. The highest BCUT2D eigenvalue weighted by Crippen LogP contribution is 2.25. The monoisotopic (exact) mass is 413 g/mol. The SMILES string of the molecule is Nc1cccc(/C=N/Nc2cc(N3CCOCC3)n3nc(-c4ccccc4)cc3n2)c1. The number of hydrogen-bond donors (Lipinski definition) is 2. The molecule has 3 N–H and O–H groups in total. The standard InChI is InChI=1S/C23H23N7O/c24-19-8-4-5-17(13-19)16-25-27-21-15-23(29-9-11-31-12-10-29)30-22(26-21)14-20(28-30)18-6-2-1-3-7-18/h1-8,13-16H,9-12,24H2,(H,26,27)/b25-16+. The van der Waals surface area contributed by atoms with E-state index in [0.29, 0.717) is 24.7 Å². The smallest absolute Gasteiger partial charge is 0.160 e. The van der Waals surface area contributed by atoms with E-state index in [9.17, 15) is 0 Å². The third-order valence-electron chi connectivity index (χ3n) is 5.12. The normalized spacial score (nSPS) is 14.4. The van der Waals surface area contributed by atoms with Crippen LogP contribution in [0.5, 0.6) is 0 Å². The Morgan fingerprint density at radius 2 is 1.84 bits per heavy atom. The maximum Gasteiger partial charge on any atom is 0.160 e. The van der Waals surface area contributed by atoms with Crippen LogP contribution in [0.25, 0.3) is 16.9 Å². The van der Waals surface area contributed by atoms with Gasteiger partial charge in [0.1, 0.15) is 5.82 Å². The second kappa shape index (κ2) is 8.45. The van der Waals surface area contributed by atoms with Crippen molar-refractivity contribution in [1.29, 1.82) is 0 Å². The quantitative estimate of drug-likeness (QED) is 0.296. The molecular weight excluding hydrogens is 390 g/mol. The predicted octanol–water partition coefficient (Wildman–Crippen LogP) is 3.26. The third-order valence-corrected chi connectivity index (χ3v) is 5.12. The van der Waals surface area contributed by atoms with Gasteiger partial charge in [-0.15, -0.1) is 0 Å². The second-order valence-corrected chi connectivity index (χ2v) is 7.30. The lowest BCUT2D eigenvalue weighted by Crippen LogP contribution is -2.37. The van der Waals surface area contributed by atoms with Crippen molar-refractivity contribution in [2.75, 3.05) is 42.4 Å². The fourth-order valence-corrected chi connectivity index (χ4v) is 3.60. The number of benzene rings is 2. The number of fused-ring (bicyclic) bond motifs is 1. The molecule has 4 aromatic rings. The molecule has 0 atom stereocenters. The Labute approximate surface area is 180 Å². The van der Waals surface area contributed by atoms with Crippen molar-refractivity contribution in [2.24, 2.45) is 5.10 Å². The topological polar surface area (TPSA) is 93.1 Å². The number of aromatic nitrogens is 3. The Bertz CT molecular complexity index is 1210. The van der Waals surface area contributed by atoms with Gasteiger partial charge in [0, 0.05) is 36.5 Å². The minimum atomic E-state index is 0.647. The molecular formula is C23H23N7O. The van der Waals surface area contributed by atoms with Crippen LogP contribution in [-0.2, 0) is 4.74 Å². The zero-order valence-corrected chi connectivity index (χ0v) is 17.0. The highest BCUT2D eigenvalue weighted by atomic mass is 16.5. The highest BCUT2D eigenvalue weighted by Gasteiger charge is 2.18. The zero-order valence-electron chi connectivity index (χ0n) is 17.0. The number of nitrogens with zero attached hydrogens (tertiary/aromatic N) is 5. The summed E-state index contributed by atoms with van der Waals surface area (Å²) in [5, 5.41) is 9.17. The molecule has 0 radical (unpaired) electrons. The van der Waals surface area contributed by atoms with Crippen LogP contribution in [0.15, 0.2) is 71.8 Å². The first-order valence-electron chi connectivity index (χ1n) is 10.2. The molecule has 0 spiro atoms. The lowest BCUT2D eigenvalue weighted by Gasteiger charge is -2.29. The van der Waals surface area contributed by atoms with E-state index in [1.165, 1.54) is 0 Å². The van der Waals surface area contributed by atoms with Crippen LogP contribution in [0.3, 0.4) is 0 Å². The fraction of sp³-hybridized carbons (Fsp3) is 0.174. The molecule has 31 heavy (non-hydrogen) atoms. The summed E-state index contributed by atoms with van der Waals surface area (Å²) in [7, 11) is 0. The Morgan fingerprint density at radius 3 is 2.65 bits per heavy atom. The van der Waals surface area contributed by atoms with Crippen molar-refractivity contribution in [1.82, 2.24) is 14.6 Å². The van der Waals surface area contributed by atoms with Crippen molar-refractivity contribution >= 4 is 29.2 Å². The Morgan fingerprint density at radius 1 is 1.00 bits per heavy atom. The van der Waals surface area contributed by atoms with Gasteiger partial charge < -0.3 is 15.4 Å². The zero-order chi connectivity index (χ0) is 21.0. The summed E-state index contributed by atoms with van der Waals surface area (Å²) < 4.78 is 7.41. The van der Waals surface area contributed by atoms with Gasteiger partial charge in [-0.3, -0.25) is 5.43 Å². The van der Waals surface area contributed by atoms with Crippen molar-refractivity contribution in [3.05, 3.63) is 72.3 Å². The number of morpholine rings is 1. The van der Waals surface area contributed by atoms with Crippen LogP contribution < -0.4 is 16.1 Å². The van der Waals surface area contributed by atoms with E-state index in [2.05, 4.69) is 15.4 Å². The number of ether oxygens (including phenoxy) is 1. The van der Waals surface area contributed by atoms with E-state index in [1.54, 1.807) is 6.21 Å². The third kappa shape index (κ3) is 4.19. The molecule has 156 valence electrons. The average Bonchev–Trinajstić information content (AvgIpc) is 3.24. The molecule has 8 nitrogen and oxygen atoms in total. The molecule has 2 aromatic heterocycles. The van der Waals surface area contributed by atoms with Crippen LogP contribution in [-0.4, -0.2) is 47.1 Å². The lowest BCUT2D eigenvalue weighted by molar-refractivity contribution is 0.122. The average molecular weight is 413 g/mol. The van der Waals surface area contributed by atoms with Gasteiger partial charge >= 0.3 is 0 Å². The summed E-state index contributed by atoms with van der Waals surface area (Å²) in [6.07, 6.45) is 1.72. The minimum Gasteiger partial charge on any atom is -0.399 e. The number of hydrogen-bond acceptors (Lipinski definition) is 7. The van der Waals surface area contributed by atoms with Crippen LogP contribution >= 0.6 is 0 Å². The van der Waals surface area contributed by atoms with Gasteiger partial charge in [0.2, 0.25) is 0 Å². The molecule has 0 aliphatic carbocycles. The van der Waals surface area contributed by atoms with Crippen molar-refractivity contribution in [2.45, 2.75) is 0 Å². The molecule has 0 unspecified atom stereocenters. The number of nitrogens with two attached hydrogens (primary N) is 1. The van der Waals surface area contributed by atoms with Crippen molar-refractivity contribution in [3.8, 4) is 11.3 Å². The van der Waals surface area contributed by atoms with E-state index >= 15 is 0 Å². The Hall–Kier alpha value is -3.91. The molecule has 8 heteroatoms. The first-order valence-corrected chi connectivity index (χ1v) is 10.2. The summed E-state index contributed by atoms with van der Waals surface area (Å²) in [5.41, 5.74) is 13.2. The molecule has 1 saturated heterocycles. The highest BCUT2D eigenvalue weighted by molar-refractivity contribution is 5.81. The van der Waals surface area contributed by atoms with Crippen molar-refractivity contribution in [3.63, 3.8) is 0 Å². The predicted molar refractivity (Wildman–Crippen MR) is 124 cm³/mol. The van der Waals surface area contributed by atoms with E-state index in [1.807, 2.05) is 71.2 Å². The number of anilines is 3. The van der Waals surface area contributed by atoms with E-state index in [4.69, 9.17) is 20.6 Å². The van der Waals surface area contributed by atoms with Gasteiger partial charge in [-0.1, -0.05) is 42.5 Å². The van der Waals surface area contributed by atoms with E-state index in [0.717, 1.165) is 41.4 Å². The van der Waals surface area contributed by atoms with E-state index < -0.39 is 0 Å². The molecule has 0 saturated carbocycles. The van der Waals surface area contributed by atoms with Crippen LogP contribution in [0.2, 0.25) is 0 Å².